The molecule has 0 saturated carbocycles. The number of hydrogen-bond acceptors (Lipinski definition) is 3. The molecule has 0 radical (unpaired) electrons. The number of phenolic OH excluding ortho intramolecular Hbond substituents is 1. The van der Waals surface area contributed by atoms with Crippen molar-refractivity contribution in [2.24, 2.45) is 5.73 Å². The summed E-state index contributed by atoms with van der Waals surface area (Å²) in [5.41, 5.74) is 7.26. The Bertz CT molecular complexity index is 567. The van der Waals surface area contributed by atoms with Crippen LogP contribution in [0.15, 0.2) is 42.5 Å². The number of aliphatic hydroxyl groups excluding tert-OH is 1. The molecule has 20 heavy (non-hydrogen) atoms. The summed E-state index contributed by atoms with van der Waals surface area (Å²) in [4.78, 5) is 0. The molecule has 0 spiro atoms. The van der Waals surface area contributed by atoms with E-state index in [-0.39, 0.29) is 10.8 Å². The van der Waals surface area contributed by atoms with Crippen molar-refractivity contribution in [3.63, 3.8) is 0 Å². The summed E-state index contributed by atoms with van der Waals surface area (Å²) in [7, 11) is 0. The third kappa shape index (κ3) is 3.44. The summed E-state index contributed by atoms with van der Waals surface area (Å²) < 4.78 is 0. The second kappa shape index (κ2) is 6.46. The molecule has 0 aliphatic rings. The molecule has 0 fully saturated rings. The highest BCUT2D eigenvalue weighted by molar-refractivity contribution is 6.35. The molecule has 2 atom stereocenters. The average molecular weight is 312 g/mol. The maximum atomic E-state index is 10.2. The highest BCUT2D eigenvalue weighted by Crippen LogP contribution is 2.35. The molecule has 3 nitrogen and oxygen atoms in total. The fraction of sp³-hybridized carbons (Fsp3) is 0.200. The Kier molecular flexibility index (Phi) is 4.89. The number of aromatic hydroxyl groups is 1. The maximum absolute atomic E-state index is 10.2. The standard InChI is InChI=1S/C15H15Cl2NO2/c16-10-7-11(17)14(12(19)8-10)15(18)13(20)6-9-4-2-1-3-5-9/h1-5,7-8,13,15,19-20H,6,18H2/t13-,15-/m1/s1. The van der Waals surface area contributed by atoms with Gasteiger partial charge < -0.3 is 15.9 Å². The second-order valence-corrected chi connectivity index (χ2v) is 5.45. The van der Waals surface area contributed by atoms with Crippen LogP contribution in [0, 0.1) is 0 Å². The number of hydrogen-bond donors (Lipinski definition) is 3. The van der Waals surface area contributed by atoms with E-state index in [1.54, 1.807) is 0 Å². The van der Waals surface area contributed by atoms with Gasteiger partial charge in [-0.1, -0.05) is 53.5 Å². The molecule has 4 N–H and O–H groups in total. The Balaban J connectivity index is 2.21. The molecular formula is C15H15Cl2NO2. The van der Waals surface area contributed by atoms with Crippen LogP contribution < -0.4 is 5.73 Å². The van der Waals surface area contributed by atoms with E-state index in [1.165, 1.54) is 12.1 Å². The van der Waals surface area contributed by atoms with Crippen LogP contribution in [0.5, 0.6) is 5.75 Å². The van der Waals surface area contributed by atoms with Gasteiger partial charge in [-0.05, 0) is 17.7 Å². The minimum atomic E-state index is -0.859. The van der Waals surface area contributed by atoms with Crippen LogP contribution in [0.3, 0.4) is 0 Å². The predicted molar refractivity (Wildman–Crippen MR) is 81.2 cm³/mol. The Hall–Kier alpha value is -1.26. The fourth-order valence-corrected chi connectivity index (χ4v) is 2.68. The number of aliphatic hydroxyl groups is 1. The molecule has 0 aromatic heterocycles. The van der Waals surface area contributed by atoms with E-state index < -0.39 is 12.1 Å². The normalized spacial score (nSPS) is 14.0. The van der Waals surface area contributed by atoms with E-state index in [4.69, 9.17) is 28.9 Å². The number of benzene rings is 2. The van der Waals surface area contributed by atoms with Crippen molar-refractivity contribution in [1.82, 2.24) is 0 Å². The molecule has 0 aliphatic carbocycles. The summed E-state index contributed by atoms with van der Waals surface area (Å²) in [5, 5.41) is 20.7. The smallest absolute Gasteiger partial charge is 0.123 e. The summed E-state index contributed by atoms with van der Waals surface area (Å²) >= 11 is 11.8. The summed E-state index contributed by atoms with van der Waals surface area (Å²) in [6, 6.07) is 11.5. The largest absolute Gasteiger partial charge is 0.507 e. The molecule has 0 heterocycles. The highest BCUT2D eigenvalue weighted by Gasteiger charge is 2.23. The fourth-order valence-electron chi connectivity index (χ4n) is 2.08. The van der Waals surface area contributed by atoms with E-state index in [2.05, 4.69) is 0 Å². The molecule has 2 rings (SSSR count). The highest BCUT2D eigenvalue weighted by atomic mass is 35.5. The molecule has 2 aromatic carbocycles. The summed E-state index contributed by atoms with van der Waals surface area (Å²) in [6.45, 7) is 0. The van der Waals surface area contributed by atoms with Crippen LogP contribution in [-0.2, 0) is 6.42 Å². The van der Waals surface area contributed by atoms with Crippen molar-refractivity contribution in [2.45, 2.75) is 18.6 Å². The van der Waals surface area contributed by atoms with Crippen LogP contribution in [0.25, 0.3) is 0 Å². The average Bonchev–Trinajstić information content (AvgIpc) is 2.38. The van der Waals surface area contributed by atoms with Gasteiger partial charge in [-0.3, -0.25) is 0 Å². The number of nitrogens with two attached hydrogens (primary N) is 1. The molecular weight excluding hydrogens is 297 g/mol. The summed E-state index contributed by atoms with van der Waals surface area (Å²) in [6.07, 6.45) is -0.484. The Morgan fingerprint density at radius 1 is 1.10 bits per heavy atom. The third-order valence-corrected chi connectivity index (χ3v) is 3.64. The monoisotopic (exact) mass is 311 g/mol. The maximum Gasteiger partial charge on any atom is 0.123 e. The van der Waals surface area contributed by atoms with Crippen molar-refractivity contribution < 1.29 is 10.2 Å². The first-order chi connectivity index (χ1) is 9.49. The number of halogens is 2. The van der Waals surface area contributed by atoms with E-state index in [0.29, 0.717) is 17.0 Å². The van der Waals surface area contributed by atoms with Gasteiger partial charge in [0.1, 0.15) is 5.75 Å². The minimum absolute atomic E-state index is 0.109. The van der Waals surface area contributed by atoms with Crippen molar-refractivity contribution in [1.29, 1.82) is 0 Å². The second-order valence-electron chi connectivity index (χ2n) is 4.60. The van der Waals surface area contributed by atoms with Crippen molar-refractivity contribution in [2.75, 3.05) is 0 Å². The molecule has 106 valence electrons. The van der Waals surface area contributed by atoms with Crippen LogP contribution >= 0.6 is 23.2 Å². The lowest BCUT2D eigenvalue weighted by atomic mass is 9.96. The molecule has 0 unspecified atom stereocenters. The molecule has 0 saturated heterocycles. The van der Waals surface area contributed by atoms with Gasteiger partial charge in [-0.2, -0.15) is 0 Å². The van der Waals surface area contributed by atoms with Crippen LogP contribution in [0.4, 0.5) is 0 Å². The topological polar surface area (TPSA) is 66.5 Å². The van der Waals surface area contributed by atoms with E-state index in [9.17, 15) is 10.2 Å². The third-order valence-electron chi connectivity index (χ3n) is 3.11. The van der Waals surface area contributed by atoms with Gasteiger partial charge >= 0.3 is 0 Å². The predicted octanol–water partition coefficient (Wildman–Crippen LogP) is 3.30. The molecule has 0 bridgehead atoms. The zero-order chi connectivity index (χ0) is 14.7. The first kappa shape index (κ1) is 15.1. The lowest BCUT2D eigenvalue weighted by Gasteiger charge is -2.21. The zero-order valence-electron chi connectivity index (χ0n) is 10.6. The van der Waals surface area contributed by atoms with Crippen LogP contribution in [-0.4, -0.2) is 16.3 Å². The van der Waals surface area contributed by atoms with E-state index in [1.807, 2.05) is 30.3 Å². The Morgan fingerprint density at radius 3 is 2.35 bits per heavy atom. The van der Waals surface area contributed by atoms with Gasteiger partial charge in [0.05, 0.1) is 17.2 Å². The first-order valence-electron chi connectivity index (χ1n) is 6.14. The van der Waals surface area contributed by atoms with Crippen molar-refractivity contribution in [3.8, 4) is 5.75 Å². The van der Waals surface area contributed by atoms with Crippen LogP contribution in [0.1, 0.15) is 17.2 Å². The number of rotatable bonds is 4. The van der Waals surface area contributed by atoms with Gasteiger partial charge in [0.25, 0.3) is 0 Å². The number of phenols is 1. The zero-order valence-corrected chi connectivity index (χ0v) is 12.1. The SMILES string of the molecule is N[C@@H](c1c(O)cc(Cl)cc1Cl)[C@H](O)Cc1ccccc1. The van der Waals surface area contributed by atoms with Gasteiger partial charge in [0, 0.05) is 17.0 Å². The molecule has 2 aromatic rings. The molecule has 0 aliphatic heterocycles. The molecule has 5 heteroatoms. The van der Waals surface area contributed by atoms with E-state index >= 15 is 0 Å². The lowest BCUT2D eigenvalue weighted by molar-refractivity contribution is 0.144. The van der Waals surface area contributed by atoms with Gasteiger partial charge in [0.15, 0.2) is 0 Å². The van der Waals surface area contributed by atoms with Gasteiger partial charge in [0.2, 0.25) is 0 Å². The van der Waals surface area contributed by atoms with Crippen molar-refractivity contribution >= 4 is 23.2 Å². The first-order valence-corrected chi connectivity index (χ1v) is 6.90. The minimum Gasteiger partial charge on any atom is -0.507 e. The van der Waals surface area contributed by atoms with Crippen LogP contribution in [0.2, 0.25) is 10.0 Å². The van der Waals surface area contributed by atoms with Crippen molar-refractivity contribution in [3.05, 3.63) is 63.6 Å². The van der Waals surface area contributed by atoms with Gasteiger partial charge in [-0.25, -0.2) is 0 Å². The Labute approximate surface area is 127 Å². The Morgan fingerprint density at radius 2 is 1.75 bits per heavy atom. The van der Waals surface area contributed by atoms with Gasteiger partial charge in [-0.15, -0.1) is 0 Å². The quantitative estimate of drug-likeness (QED) is 0.811. The summed E-state index contributed by atoms with van der Waals surface area (Å²) in [5.74, 6) is -0.109. The molecule has 0 amide bonds. The van der Waals surface area contributed by atoms with E-state index in [0.717, 1.165) is 5.56 Å². The lowest BCUT2D eigenvalue weighted by Crippen LogP contribution is -2.28.